The van der Waals surface area contributed by atoms with Gasteiger partial charge in [-0.3, -0.25) is 19.0 Å². The SMILES string of the molecule is CNC(=O)[C@@H]1CCCCN1C(=O)CCn1cnc2sccc2c1=O. The number of carbonyl (C=O) groups is 2. The number of thiophene rings is 1. The van der Waals surface area contributed by atoms with Crippen molar-refractivity contribution in [3.63, 3.8) is 0 Å². The molecule has 0 aromatic carbocycles. The summed E-state index contributed by atoms with van der Waals surface area (Å²) >= 11 is 1.42. The first kappa shape index (κ1) is 16.6. The van der Waals surface area contributed by atoms with Crippen molar-refractivity contribution in [2.75, 3.05) is 13.6 Å². The normalized spacial score (nSPS) is 17.9. The van der Waals surface area contributed by atoms with Gasteiger partial charge in [-0.1, -0.05) is 0 Å². The van der Waals surface area contributed by atoms with Gasteiger partial charge in [-0.25, -0.2) is 4.98 Å². The van der Waals surface area contributed by atoms with Crippen molar-refractivity contribution in [3.8, 4) is 0 Å². The molecule has 128 valence electrons. The molecular weight excluding hydrogens is 328 g/mol. The predicted molar refractivity (Wildman–Crippen MR) is 91.9 cm³/mol. The van der Waals surface area contributed by atoms with Gasteiger partial charge in [-0.2, -0.15) is 0 Å². The van der Waals surface area contributed by atoms with Crippen LogP contribution >= 0.6 is 11.3 Å². The number of fused-ring (bicyclic) bond motifs is 1. The van der Waals surface area contributed by atoms with E-state index in [0.717, 1.165) is 12.8 Å². The maximum absolute atomic E-state index is 12.5. The Morgan fingerprint density at radius 3 is 3.04 bits per heavy atom. The molecule has 2 amide bonds. The number of carbonyl (C=O) groups excluding carboxylic acids is 2. The zero-order valence-corrected chi connectivity index (χ0v) is 14.3. The fraction of sp³-hybridized carbons (Fsp3) is 0.500. The van der Waals surface area contributed by atoms with E-state index in [1.807, 2.05) is 5.38 Å². The van der Waals surface area contributed by atoms with E-state index in [-0.39, 0.29) is 30.3 Å². The molecule has 1 saturated heterocycles. The highest BCUT2D eigenvalue weighted by atomic mass is 32.1. The molecule has 1 fully saturated rings. The number of aromatic nitrogens is 2. The summed E-state index contributed by atoms with van der Waals surface area (Å²) in [6, 6.07) is 1.35. The molecular formula is C16H20N4O3S. The van der Waals surface area contributed by atoms with Crippen LogP contribution < -0.4 is 10.9 Å². The first-order chi connectivity index (χ1) is 11.6. The van der Waals surface area contributed by atoms with Gasteiger partial charge >= 0.3 is 0 Å². The van der Waals surface area contributed by atoms with E-state index >= 15 is 0 Å². The second kappa shape index (κ2) is 7.12. The Morgan fingerprint density at radius 2 is 2.25 bits per heavy atom. The Morgan fingerprint density at radius 1 is 1.42 bits per heavy atom. The molecule has 7 nitrogen and oxygen atoms in total. The van der Waals surface area contributed by atoms with Crippen molar-refractivity contribution in [1.29, 1.82) is 0 Å². The van der Waals surface area contributed by atoms with E-state index < -0.39 is 6.04 Å². The van der Waals surface area contributed by atoms with Gasteiger partial charge in [-0.05, 0) is 30.7 Å². The molecule has 3 heterocycles. The highest BCUT2D eigenvalue weighted by Crippen LogP contribution is 2.18. The molecule has 1 atom stereocenters. The van der Waals surface area contributed by atoms with Crippen molar-refractivity contribution in [3.05, 3.63) is 28.1 Å². The Labute approximate surface area is 143 Å². The molecule has 1 aliphatic heterocycles. The van der Waals surface area contributed by atoms with Crippen molar-refractivity contribution < 1.29 is 9.59 Å². The van der Waals surface area contributed by atoms with Gasteiger partial charge in [0.05, 0.1) is 11.7 Å². The molecule has 0 spiro atoms. The van der Waals surface area contributed by atoms with Crippen LogP contribution in [0.3, 0.4) is 0 Å². The highest BCUT2D eigenvalue weighted by molar-refractivity contribution is 7.16. The third-order valence-electron chi connectivity index (χ3n) is 4.39. The van der Waals surface area contributed by atoms with Crippen molar-refractivity contribution in [2.45, 2.75) is 38.3 Å². The van der Waals surface area contributed by atoms with Gasteiger partial charge in [0.2, 0.25) is 11.8 Å². The summed E-state index contributed by atoms with van der Waals surface area (Å²) in [6.07, 6.45) is 4.21. The molecule has 1 aliphatic rings. The molecule has 0 unspecified atom stereocenters. The quantitative estimate of drug-likeness (QED) is 0.892. The van der Waals surface area contributed by atoms with Gasteiger partial charge in [0.15, 0.2) is 0 Å². The second-order valence-electron chi connectivity index (χ2n) is 5.85. The van der Waals surface area contributed by atoms with E-state index in [9.17, 15) is 14.4 Å². The lowest BCUT2D eigenvalue weighted by Gasteiger charge is -2.34. The molecule has 0 bridgehead atoms. The van der Waals surface area contributed by atoms with Crippen LogP contribution in [-0.2, 0) is 16.1 Å². The summed E-state index contributed by atoms with van der Waals surface area (Å²) in [4.78, 5) is 43.4. The summed E-state index contributed by atoms with van der Waals surface area (Å²) in [7, 11) is 1.58. The van der Waals surface area contributed by atoms with Crippen molar-refractivity contribution in [2.24, 2.45) is 0 Å². The number of rotatable bonds is 4. The topological polar surface area (TPSA) is 84.3 Å². The summed E-state index contributed by atoms with van der Waals surface area (Å²) in [5, 5.41) is 5.03. The Hall–Kier alpha value is -2.22. The summed E-state index contributed by atoms with van der Waals surface area (Å²) in [6.45, 7) is 0.862. The van der Waals surface area contributed by atoms with Crippen LogP contribution in [0.15, 0.2) is 22.6 Å². The number of piperidine rings is 1. The van der Waals surface area contributed by atoms with Gasteiger partial charge in [0.25, 0.3) is 5.56 Å². The van der Waals surface area contributed by atoms with E-state index in [2.05, 4.69) is 10.3 Å². The molecule has 0 aliphatic carbocycles. The average molecular weight is 348 g/mol. The minimum Gasteiger partial charge on any atom is -0.357 e. The third-order valence-corrected chi connectivity index (χ3v) is 5.21. The van der Waals surface area contributed by atoms with Crippen LogP contribution in [0.25, 0.3) is 10.2 Å². The fourth-order valence-electron chi connectivity index (χ4n) is 3.08. The Kier molecular flexibility index (Phi) is 4.94. The standard InChI is InChI=1S/C16H20N4O3S/c1-17-14(22)12-4-2-3-7-20(12)13(21)5-8-19-10-18-15-11(16(19)23)6-9-24-15/h6,9-10,12H,2-5,7-8H2,1H3,(H,17,22)/t12-/m0/s1. The van der Waals surface area contributed by atoms with Crippen LogP contribution in [0.1, 0.15) is 25.7 Å². The highest BCUT2D eigenvalue weighted by Gasteiger charge is 2.31. The van der Waals surface area contributed by atoms with Crippen molar-refractivity contribution in [1.82, 2.24) is 19.8 Å². The number of nitrogens with one attached hydrogen (secondary N) is 1. The van der Waals surface area contributed by atoms with E-state index in [1.165, 1.54) is 22.2 Å². The zero-order chi connectivity index (χ0) is 17.1. The maximum Gasteiger partial charge on any atom is 0.262 e. The number of likely N-dealkylation sites (N-methyl/N-ethyl adjacent to an activating group) is 1. The summed E-state index contributed by atoms with van der Waals surface area (Å²) < 4.78 is 1.46. The number of hydrogen-bond donors (Lipinski definition) is 1. The Bertz CT molecular complexity index is 813. The first-order valence-electron chi connectivity index (χ1n) is 8.05. The lowest BCUT2D eigenvalue weighted by atomic mass is 10.0. The van der Waals surface area contributed by atoms with Crippen LogP contribution in [0.2, 0.25) is 0 Å². The molecule has 0 saturated carbocycles. The van der Waals surface area contributed by atoms with Gasteiger partial charge in [0.1, 0.15) is 10.9 Å². The van der Waals surface area contributed by atoms with Crippen molar-refractivity contribution >= 4 is 33.4 Å². The molecule has 1 N–H and O–H groups in total. The second-order valence-corrected chi connectivity index (χ2v) is 6.74. The van der Waals surface area contributed by atoms with Crippen LogP contribution in [0.5, 0.6) is 0 Å². The fourth-order valence-corrected chi connectivity index (χ4v) is 3.80. The van der Waals surface area contributed by atoms with Gasteiger partial charge < -0.3 is 10.2 Å². The number of aryl methyl sites for hydroxylation is 1. The van der Waals surface area contributed by atoms with Crippen LogP contribution in [0, 0.1) is 0 Å². The minimum absolute atomic E-state index is 0.0967. The molecule has 24 heavy (non-hydrogen) atoms. The Balaban J connectivity index is 1.70. The first-order valence-corrected chi connectivity index (χ1v) is 8.93. The minimum atomic E-state index is -0.398. The zero-order valence-electron chi connectivity index (χ0n) is 13.5. The lowest BCUT2D eigenvalue weighted by Crippen LogP contribution is -2.51. The predicted octanol–water partition coefficient (Wildman–Crippen LogP) is 0.975. The summed E-state index contributed by atoms with van der Waals surface area (Å²) in [5.74, 6) is -0.220. The number of hydrogen-bond acceptors (Lipinski definition) is 5. The number of likely N-dealkylation sites (tertiary alicyclic amines) is 1. The lowest BCUT2D eigenvalue weighted by molar-refractivity contribution is -0.142. The monoisotopic (exact) mass is 348 g/mol. The van der Waals surface area contributed by atoms with Crippen LogP contribution in [-0.4, -0.2) is 45.9 Å². The number of amides is 2. The average Bonchev–Trinajstić information content (AvgIpc) is 3.10. The van der Waals surface area contributed by atoms with Crippen LogP contribution in [0.4, 0.5) is 0 Å². The molecule has 2 aromatic rings. The van der Waals surface area contributed by atoms with Gasteiger partial charge in [-0.15, -0.1) is 11.3 Å². The molecule has 3 rings (SSSR count). The molecule has 2 aromatic heterocycles. The largest absolute Gasteiger partial charge is 0.357 e. The van der Waals surface area contributed by atoms with E-state index in [0.29, 0.717) is 23.2 Å². The third kappa shape index (κ3) is 3.19. The van der Waals surface area contributed by atoms with Gasteiger partial charge in [0, 0.05) is 26.6 Å². The smallest absolute Gasteiger partial charge is 0.262 e. The molecule has 0 radical (unpaired) electrons. The summed E-state index contributed by atoms with van der Waals surface area (Å²) in [5.41, 5.74) is -0.129. The number of nitrogens with zero attached hydrogens (tertiary/aromatic N) is 3. The molecule has 8 heteroatoms. The van der Waals surface area contributed by atoms with E-state index in [1.54, 1.807) is 18.0 Å². The maximum atomic E-state index is 12.5. The van der Waals surface area contributed by atoms with E-state index in [4.69, 9.17) is 0 Å².